The van der Waals surface area contributed by atoms with Gasteiger partial charge in [-0.25, -0.2) is 0 Å². The van der Waals surface area contributed by atoms with Gasteiger partial charge in [-0.15, -0.1) is 10.2 Å². The third kappa shape index (κ3) is 6.47. The Hall–Kier alpha value is -5.27. The molecule has 5 rings (SSSR count). The first-order chi connectivity index (χ1) is 20.8. The van der Waals surface area contributed by atoms with Gasteiger partial charge in [0, 0.05) is 43.0 Å². The highest BCUT2D eigenvalue weighted by molar-refractivity contribution is 6.31. The van der Waals surface area contributed by atoms with Gasteiger partial charge < -0.3 is 15.2 Å². The van der Waals surface area contributed by atoms with Crippen LogP contribution in [-0.4, -0.2) is 42.4 Å². The Morgan fingerprint density at radius 3 is 2.30 bits per heavy atom. The van der Waals surface area contributed by atoms with E-state index in [-0.39, 0.29) is 6.42 Å². The van der Waals surface area contributed by atoms with Crippen LogP contribution in [0, 0.1) is 11.3 Å². The molecule has 0 spiro atoms. The van der Waals surface area contributed by atoms with E-state index in [1.807, 2.05) is 56.4 Å². The standard InChI is InChI=1S/C32H29ClN8O2/c1-4-20-15-22(5-6-24(20)18-34)23-9-12-27(33)25(16-23)17-28(38-32(43)29-13-14-36-41(29)3)31(42)37-26-10-7-21(8-11-26)30-39-35-19-40(30)2/h5-16,19,28H,4,17H2,1-3H3,(H,37,42)(H,38,43). The van der Waals surface area contributed by atoms with Crippen molar-refractivity contribution in [3.8, 4) is 28.6 Å². The molecule has 0 aliphatic heterocycles. The van der Waals surface area contributed by atoms with Crippen molar-refractivity contribution in [3.63, 3.8) is 0 Å². The van der Waals surface area contributed by atoms with Gasteiger partial charge in [-0.3, -0.25) is 14.3 Å². The summed E-state index contributed by atoms with van der Waals surface area (Å²) in [7, 11) is 3.51. The van der Waals surface area contributed by atoms with E-state index in [9.17, 15) is 14.9 Å². The van der Waals surface area contributed by atoms with Crippen molar-refractivity contribution >= 4 is 29.1 Å². The molecule has 0 bridgehead atoms. The summed E-state index contributed by atoms with van der Waals surface area (Å²) < 4.78 is 3.25. The average molecular weight is 593 g/mol. The van der Waals surface area contributed by atoms with Gasteiger partial charge in [-0.05, 0) is 83.3 Å². The lowest BCUT2D eigenvalue weighted by Gasteiger charge is -2.20. The van der Waals surface area contributed by atoms with E-state index in [0.717, 1.165) is 28.7 Å². The van der Waals surface area contributed by atoms with Crippen LogP contribution in [0.25, 0.3) is 22.5 Å². The number of rotatable bonds is 9. The van der Waals surface area contributed by atoms with Crippen LogP contribution in [0.1, 0.15) is 34.1 Å². The summed E-state index contributed by atoms with van der Waals surface area (Å²) in [6.07, 6.45) is 3.99. The number of amides is 2. The maximum absolute atomic E-state index is 13.6. The Balaban J connectivity index is 1.42. The summed E-state index contributed by atoms with van der Waals surface area (Å²) in [5, 5.41) is 27.8. The summed E-state index contributed by atoms with van der Waals surface area (Å²) >= 11 is 6.62. The van der Waals surface area contributed by atoms with Gasteiger partial charge in [-0.2, -0.15) is 10.4 Å². The molecule has 2 heterocycles. The van der Waals surface area contributed by atoms with Gasteiger partial charge in [0.25, 0.3) is 5.91 Å². The first-order valence-electron chi connectivity index (χ1n) is 13.6. The molecule has 1 atom stereocenters. The Labute approximate surface area is 253 Å². The molecule has 2 N–H and O–H groups in total. The molecule has 0 saturated carbocycles. The second-order valence-corrected chi connectivity index (χ2v) is 10.5. The summed E-state index contributed by atoms with van der Waals surface area (Å²) in [6.45, 7) is 2.00. The number of aryl methyl sites for hydroxylation is 3. The SMILES string of the molecule is CCc1cc(-c2ccc(Cl)c(CC(NC(=O)c3ccnn3C)C(=O)Nc3ccc(-c4nncn4C)cc3)c2)ccc1C#N. The van der Waals surface area contributed by atoms with Crippen LogP contribution in [-0.2, 0) is 31.7 Å². The maximum atomic E-state index is 13.6. The van der Waals surface area contributed by atoms with Crippen molar-refractivity contribution in [1.82, 2.24) is 29.9 Å². The fourth-order valence-corrected chi connectivity index (χ4v) is 5.01. The zero-order valence-corrected chi connectivity index (χ0v) is 24.6. The normalized spacial score (nSPS) is 11.5. The predicted molar refractivity (Wildman–Crippen MR) is 164 cm³/mol. The van der Waals surface area contributed by atoms with Gasteiger partial charge in [-0.1, -0.05) is 30.7 Å². The Morgan fingerprint density at radius 1 is 0.977 bits per heavy atom. The van der Waals surface area contributed by atoms with Gasteiger partial charge in [0.05, 0.1) is 11.6 Å². The first kappa shape index (κ1) is 29.2. The predicted octanol–water partition coefficient (Wildman–Crippen LogP) is 4.95. The van der Waals surface area contributed by atoms with Crippen LogP contribution < -0.4 is 10.6 Å². The topological polar surface area (TPSA) is 131 Å². The second-order valence-electron chi connectivity index (χ2n) is 10.0. The van der Waals surface area contributed by atoms with E-state index >= 15 is 0 Å². The largest absolute Gasteiger partial charge is 0.339 e. The minimum atomic E-state index is -0.958. The fraction of sp³-hybridized carbons (Fsp3) is 0.188. The number of aromatic nitrogens is 5. The number of carbonyl (C=O) groups is 2. The molecule has 43 heavy (non-hydrogen) atoms. The van der Waals surface area contributed by atoms with Crippen molar-refractivity contribution in [2.75, 3.05) is 5.32 Å². The third-order valence-electron chi connectivity index (χ3n) is 7.21. The quantitative estimate of drug-likeness (QED) is 0.249. The smallest absolute Gasteiger partial charge is 0.270 e. The zero-order chi connectivity index (χ0) is 30.5. The van der Waals surface area contributed by atoms with Crippen molar-refractivity contribution < 1.29 is 9.59 Å². The van der Waals surface area contributed by atoms with E-state index in [2.05, 4.69) is 32.0 Å². The fourth-order valence-electron chi connectivity index (χ4n) is 4.82. The van der Waals surface area contributed by atoms with Crippen LogP contribution in [0.3, 0.4) is 0 Å². The van der Waals surface area contributed by atoms with E-state index < -0.39 is 17.9 Å². The van der Waals surface area contributed by atoms with Gasteiger partial charge in [0.15, 0.2) is 5.82 Å². The van der Waals surface area contributed by atoms with E-state index in [0.29, 0.717) is 33.4 Å². The Bertz CT molecular complexity index is 1830. The maximum Gasteiger partial charge on any atom is 0.270 e. The molecule has 1 unspecified atom stereocenters. The molecule has 11 heteroatoms. The molecule has 5 aromatic rings. The van der Waals surface area contributed by atoms with Crippen LogP contribution in [0.2, 0.25) is 5.02 Å². The molecule has 2 amide bonds. The molecule has 3 aromatic carbocycles. The van der Waals surface area contributed by atoms with Gasteiger partial charge >= 0.3 is 0 Å². The average Bonchev–Trinajstić information content (AvgIpc) is 3.65. The minimum absolute atomic E-state index is 0.135. The van der Waals surface area contributed by atoms with Gasteiger partial charge in [0.1, 0.15) is 18.1 Å². The molecule has 0 saturated heterocycles. The highest BCUT2D eigenvalue weighted by Crippen LogP contribution is 2.28. The number of hydrogen-bond acceptors (Lipinski definition) is 6. The van der Waals surface area contributed by atoms with Gasteiger partial charge in [0.2, 0.25) is 5.91 Å². The number of nitrogens with one attached hydrogen (secondary N) is 2. The summed E-state index contributed by atoms with van der Waals surface area (Å²) in [5.74, 6) is -0.151. The molecule has 0 aliphatic rings. The Morgan fingerprint density at radius 2 is 1.67 bits per heavy atom. The molecule has 2 aromatic heterocycles. The zero-order valence-electron chi connectivity index (χ0n) is 23.9. The number of anilines is 1. The van der Waals surface area contributed by atoms with E-state index in [1.165, 1.54) is 10.9 Å². The molecule has 0 aliphatic carbocycles. The molecule has 10 nitrogen and oxygen atoms in total. The highest BCUT2D eigenvalue weighted by atomic mass is 35.5. The van der Waals surface area contributed by atoms with Crippen LogP contribution in [0.15, 0.2) is 79.3 Å². The summed E-state index contributed by atoms with van der Waals surface area (Å²) in [4.78, 5) is 26.8. The number of nitriles is 1. The Kier molecular flexibility index (Phi) is 8.64. The second kappa shape index (κ2) is 12.7. The van der Waals surface area contributed by atoms with E-state index in [1.54, 1.807) is 42.2 Å². The third-order valence-corrected chi connectivity index (χ3v) is 7.58. The van der Waals surface area contributed by atoms with Crippen molar-refractivity contribution in [1.29, 1.82) is 5.26 Å². The minimum Gasteiger partial charge on any atom is -0.339 e. The molecule has 0 fully saturated rings. The number of halogens is 1. The number of benzene rings is 3. The van der Waals surface area contributed by atoms with Crippen LogP contribution >= 0.6 is 11.6 Å². The number of hydrogen-bond donors (Lipinski definition) is 2. The summed E-state index contributed by atoms with van der Waals surface area (Å²) in [5.41, 5.74) is 5.80. The van der Waals surface area contributed by atoms with Crippen molar-refractivity contribution in [2.24, 2.45) is 14.1 Å². The van der Waals surface area contributed by atoms with Crippen LogP contribution in [0.4, 0.5) is 5.69 Å². The number of carbonyl (C=O) groups excluding carboxylic acids is 2. The lowest BCUT2D eigenvalue weighted by molar-refractivity contribution is -0.118. The molecular weight excluding hydrogens is 564 g/mol. The van der Waals surface area contributed by atoms with Crippen molar-refractivity contribution in [2.45, 2.75) is 25.8 Å². The van der Waals surface area contributed by atoms with Crippen LogP contribution in [0.5, 0.6) is 0 Å². The number of nitrogens with zero attached hydrogens (tertiary/aromatic N) is 6. The monoisotopic (exact) mass is 592 g/mol. The lowest BCUT2D eigenvalue weighted by atomic mass is 9.95. The van der Waals surface area contributed by atoms with E-state index in [4.69, 9.17) is 11.6 Å². The molecule has 216 valence electrons. The highest BCUT2D eigenvalue weighted by Gasteiger charge is 2.25. The first-order valence-corrected chi connectivity index (χ1v) is 14.0. The molecule has 0 radical (unpaired) electrons. The van der Waals surface area contributed by atoms with Crippen molar-refractivity contribution in [3.05, 3.63) is 107 Å². The lowest BCUT2D eigenvalue weighted by Crippen LogP contribution is -2.45. The summed E-state index contributed by atoms with van der Waals surface area (Å²) in [6, 6.07) is 21.4. The molecular formula is C32H29ClN8O2.